The molecule has 1 atom stereocenters. The second-order valence-corrected chi connectivity index (χ2v) is 6.58. The number of hydrogen-bond donors (Lipinski definition) is 1. The molecule has 0 aliphatic carbocycles. The highest BCUT2D eigenvalue weighted by molar-refractivity contribution is 7.91. The maximum atomic E-state index is 13.0. The molecule has 0 bridgehead atoms. The Kier molecular flexibility index (Phi) is 3.52. The lowest BCUT2D eigenvalue weighted by atomic mass is 10.1. The van der Waals surface area contributed by atoms with Gasteiger partial charge < -0.3 is 5.32 Å². The van der Waals surface area contributed by atoms with E-state index in [1.807, 2.05) is 0 Å². The molecular formula is C11H12F3NO2S. The van der Waals surface area contributed by atoms with Gasteiger partial charge in [-0.1, -0.05) is 0 Å². The van der Waals surface area contributed by atoms with E-state index in [-0.39, 0.29) is 17.2 Å². The Morgan fingerprint density at radius 1 is 1.17 bits per heavy atom. The molecule has 1 aliphatic heterocycles. The lowest BCUT2D eigenvalue weighted by molar-refractivity contribution is 0.447. The van der Waals surface area contributed by atoms with Gasteiger partial charge in [-0.2, -0.15) is 0 Å². The summed E-state index contributed by atoms with van der Waals surface area (Å²) in [6.45, 7) is 0. The summed E-state index contributed by atoms with van der Waals surface area (Å²) in [7, 11) is -3.10. The molecule has 2 rings (SSSR count). The molecule has 100 valence electrons. The zero-order valence-corrected chi connectivity index (χ0v) is 10.2. The van der Waals surface area contributed by atoms with Crippen molar-refractivity contribution in [2.75, 3.05) is 16.8 Å². The van der Waals surface area contributed by atoms with Gasteiger partial charge in [-0.25, -0.2) is 21.6 Å². The van der Waals surface area contributed by atoms with Crippen LogP contribution in [0.2, 0.25) is 0 Å². The van der Waals surface area contributed by atoms with Crippen molar-refractivity contribution in [3.05, 3.63) is 29.6 Å². The Morgan fingerprint density at radius 3 is 2.33 bits per heavy atom. The Hall–Kier alpha value is -1.24. The van der Waals surface area contributed by atoms with Crippen LogP contribution in [0.15, 0.2) is 12.1 Å². The largest absolute Gasteiger partial charge is 0.381 e. The Balaban J connectivity index is 2.15. The Morgan fingerprint density at radius 2 is 1.78 bits per heavy atom. The number of hydrogen-bond acceptors (Lipinski definition) is 3. The van der Waals surface area contributed by atoms with Crippen LogP contribution >= 0.6 is 0 Å². The first-order valence-corrected chi connectivity index (χ1v) is 7.31. The molecule has 3 nitrogen and oxygen atoms in total. The van der Waals surface area contributed by atoms with Gasteiger partial charge in [-0.15, -0.1) is 0 Å². The molecule has 0 saturated carbocycles. The van der Waals surface area contributed by atoms with Gasteiger partial charge in [-0.3, -0.25) is 0 Å². The van der Waals surface area contributed by atoms with Crippen molar-refractivity contribution in [3.63, 3.8) is 0 Å². The molecule has 1 aliphatic rings. The highest BCUT2D eigenvalue weighted by Crippen LogP contribution is 2.21. The first-order valence-electron chi connectivity index (χ1n) is 5.49. The van der Waals surface area contributed by atoms with Gasteiger partial charge in [0, 0.05) is 23.9 Å². The highest BCUT2D eigenvalue weighted by atomic mass is 32.2. The van der Waals surface area contributed by atoms with E-state index in [4.69, 9.17) is 0 Å². The number of rotatable bonds is 2. The van der Waals surface area contributed by atoms with E-state index in [1.54, 1.807) is 0 Å². The number of sulfone groups is 1. The first-order chi connectivity index (χ1) is 8.37. The number of nitrogens with one attached hydrogen (secondary N) is 1. The van der Waals surface area contributed by atoms with Crippen molar-refractivity contribution in [1.82, 2.24) is 0 Å². The molecular weight excluding hydrogens is 267 g/mol. The normalized spacial score (nSPS) is 22.7. The molecule has 1 heterocycles. The molecule has 18 heavy (non-hydrogen) atoms. The summed E-state index contributed by atoms with van der Waals surface area (Å²) in [5.41, 5.74) is 0.0495. The predicted molar refractivity (Wildman–Crippen MR) is 61.6 cm³/mol. The zero-order valence-electron chi connectivity index (χ0n) is 9.42. The molecule has 1 aromatic rings. The summed E-state index contributed by atoms with van der Waals surface area (Å²) in [5.74, 6) is -4.06. The zero-order chi connectivity index (χ0) is 13.3. The standard InChI is InChI=1S/C11H12F3NO2S/c12-9-4-8(5-10(13)11(9)14)15-7-2-1-3-18(16,17)6-7/h4-5,7,15H,1-3,6H2. The van der Waals surface area contributed by atoms with Crippen LogP contribution in [-0.4, -0.2) is 26.0 Å². The quantitative estimate of drug-likeness (QED) is 0.843. The first kappa shape index (κ1) is 13.2. The molecule has 1 saturated heterocycles. The summed E-state index contributed by atoms with van der Waals surface area (Å²) in [5, 5.41) is 2.72. The third-order valence-electron chi connectivity index (χ3n) is 2.82. The van der Waals surface area contributed by atoms with Crippen LogP contribution in [0.3, 0.4) is 0 Å². The minimum Gasteiger partial charge on any atom is -0.381 e. The topological polar surface area (TPSA) is 46.2 Å². The van der Waals surface area contributed by atoms with E-state index >= 15 is 0 Å². The summed E-state index contributed by atoms with van der Waals surface area (Å²) >= 11 is 0. The summed E-state index contributed by atoms with van der Waals surface area (Å²) in [6.07, 6.45) is 1.10. The van der Waals surface area contributed by atoms with E-state index in [2.05, 4.69) is 5.32 Å². The Bertz CT molecular complexity index is 536. The van der Waals surface area contributed by atoms with Crippen molar-refractivity contribution in [3.8, 4) is 0 Å². The second-order valence-electron chi connectivity index (χ2n) is 4.35. The van der Waals surface area contributed by atoms with Crippen molar-refractivity contribution in [1.29, 1.82) is 0 Å². The summed E-state index contributed by atoms with van der Waals surface area (Å²) in [6, 6.07) is 1.24. The van der Waals surface area contributed by atoms with Crippen molar-refractivity contribution in [2.45, 2.75) is 18.9 Å². The molecule has 1 unspecified atom stereocenters. The lowest BCUT2D eigenvalue weighted by Crippen LogP contribution is -2.34. The second kappa shape index (κ2) is 4.79. The lowest BCUT2D eigenvalue weighted by Gasteiger charge is -2.24. The molecule has 0 aromatic heterocycles. The third kappa shape index (κ3) is 2.95. The molecule has 7 heteroatoms. The fourth-order valence-electron chi connectivity index (χ4n) is 2.01. The molecule has 1 aromatic carbocycles. The smallest absolute Gasteiger partial charge is 0.194 e. The molecule has 0 spiro atoms. The molecule has 1 N–H and O–H groups in total. The summed E-state index contributed by atoms with van der Waals surface area (Å²) < 4.78 is 61.5. The third-order valence-corrected chi connectivity index (χ3v) is 4.64. The monoisotopic (exact) mass is 279 g/mol. The van der Waals surface area contributed by atoms with Gasteiger partial charge in [0.25, 0.3) is 0 Å². The van der Waals surface area contributed by atoms with Crippen molar-refractivity contribution < 1.29 is 21.6 Å². The van der Waals surface area contributed by atoms with Gasteiger partial charge in [0.1, 0.15) is 0 Å². The van der Waals surface area contributed by atoms with Crippen LogP contribution in [0, 0.1) is 17.5 Å². The maximum absolute atomic E-state index is 13.0. The molecule has 0 amide bonds. The van der Waals surface area contributed by atoms with Crippen molar-refractivity contribution >= 4 is 15.5 Å². The van der Waals surface area contributed by atoms with E-state index in [1.165, 1.54) is 0 Å². The SMILES string of the molecule is O=S1(=O)CCCC(Nc2cc(F)c(F)c(F)c2)C1. The van der Waals surface area contributed by atoms with E-state index in [9.17, 15) is 21.6 Å². The number of anilines is 1. The molecule has 0 radical (unpaired) electrons. The van der Waals surface area contributed by atoms with Crippen LogP contribution in [0.4, 0.5) is 18.9 Å². The minimum absolute atomic E-state index is 0.0495. The van der Waals surface area contributed by atoms with Crippen LogP contribution < -0.4 is 5.32 Å². The van der Waals surface area contributed by atoms with E-state index < -0.39 is 33.3 Å². The number of halogens is 3. The van der Waals surface area contributed by atoms with Crippen LogP contribution in [0.25, 0.3) is 0 Å². The average Bonchev–Trinajstić information content (AvgIpc) is 2.24. The average molecular weight is 279 g/mol. The van der Waals surface area contributed by atoms with Crippen LogP contribution in [-0.2, 0) is 9.84 Å². The van der Waals surface area contributed by atoms with Gasteiger partial charge in [0.15, 0.2) is 27.3 Å². The fraction of sp³-hybridized carbons (Fsp3) is 0.455. The van der Waals surface area contributed by atoms with Crippen molar-refractivity contribution in [2.24, 2.45) is 0 Å². The van der Waals surface area contributed by atoms with Crippen LogP contribution in [0.1, 0.15) is 12.8 Å². The van der Waals surface area contributed by atoms with Gasteiger partial charge in [-0.05, 0) is 12.8 Å². The Labute approximate surface area is 103 Å². The fourth-order valence-corrected chi connectivity index (χ4v) is 3.65. The predicted octanol–water partition coefficient (Wildman–Crippen LogP) is 2.09. The molecule has 1 fully saturated rings. The van der Waals surface area contributed by atoms with Crippen LogP contribution in [0.5, 0.6) is 0 Å². The van der Waals surface area contributed by atoms with Gasteiger partial charge in [0.2, 0.25) is 0 Å². The van der Waals surface area contributed by atoms with Gasteiger partial charge >= 0.3 is 0 Å². The summed E-state index contributed by atoms with van der Waals surface area (Å²) in [4.78, 5) is 0. The minimum atomic E-state index is -3.10. The van der Waals surface area contributed by atoms with E-state index in [0.29, 0.717) is 12.8 Å². The van der Waals surface area contributed by atoms with E-state index in [0.717, 1.165) is 12.1 Å². The maximum Gasteiger partial charge on any atom is 0.194 e. The number of benzene rings is 1. The van der Waals surface area contributed by atoms with Gasteiger partial charge in [0.05, 0.1) is 11.5 Å². The highest BCUT2D eigenvalue weighted by Gasteiger charge is 2.25.